The van der Waals surface area contributed by atoms with Gasteiger partial charge < -0.3 is 10.2 Å². The fourth-order valence-electron chi connectivity index (χ4n) is 2.76. The Bertz CT molecular complexity index is 684. The Kier molecular flexibility index (Phi) is 5.68. The number of halogens is 2. The van der Waals surface area contributed by atoms with Crippen LogP contribution < -0.4 is 5.32 Å². The fraction of sp³-hybridized carbons (Fsp3) is 0.375. The topological polar surface area (TPSA) is 50.2 Å². The third kappa shape index (κ3) is 3.52. The zero-order valence-corrected chi connectivity index (χ0v) is 14.7. The smallest absolute Gasteiger partial charge is 0.257 e. The van der Waals surface area contributed by atoms with Crippen LogP contribution in [0.3, 0.4) is 0 Å². The van der Waals surface area contributed by atoms with E-state index in [2.05, 4.69) is 17.3 Å². The number of aromatic nitrogens is 2. The Labute approximate surface area is 147 Å². The van der Waals surface area contributed by atoms with Crippen molar-refractivity contribution in [3.63, 3.8) is 0 Å². The highest BCUT2D eigenvalue weighted by molar-refractivity contribution is 6.30. The standard InChI is InChI=1S/C16H19ClN4O.ClH/c1-11-9-18-7-8-20(11)16(22)15-10-19-21(12(15)2)14-5-3-13(17)4-6-14;/h3-6,10-11,18H,7-9H2,1-2H3;1H/t11-;/m0./s1. The van der Waals surface area contributed by atoms with Crippen LogP contribution in [0.25, 0.3) is 5.69 Å². The molecule has 1 atom stereocenters. The van der Waals surface area contributed by atoms with Crippen LogP contribution in [-0.4, -0.2) is 46.3 Å². The molecule has 124 valence electrons. The van der Waals surface area contributed by atoms with E-state index < -0.39 is 0 Å². The van der Waals surface area contributed by atoms with Gasteiger partial charge in [-0.3, -0.25) is 4.79 Å². The highest BCUT2D eigenvalue weighted by atomic mass is 35.5. The predicted octanol–water partition coefficient (Wildman–Crippen LogP) is 2.69. The van der Waals surface area contributed by atoms with Gasteiger partial charge in [0.25, 0.3) is 5.91 Å². The molecule has 3 rings (SSSR count). The molecule has 5 nitrogen and oxygen atoms in total. The van der Waals surface area contributed by atoms with Crippen molar-refractivity contribution in [3.05, 3.63) is 46.7 Å². The number of nitrogens with one attached hydrogen (secondary N) is 1. The summed E-state index contributed by atoms with van der Waals surface area (Å²) in [5.74, 6) is 0.0479. The molecule has 1 aromatic heterocycles. The molecule has 1 aliphatic heterocycles. The van der Waals surface area contributed by atoms with Gasteiger partial charge in [-0.15, -0.1) is 12.4 Å². The lowest BCUT2D eigenvalue weighted by atomic mass is 10.1. The first-order chi connectivity index (χ1) is 10.6. The molecule has 1 aliphatic rings. The molecule has 1 amide bonds. The minimum Gasteiger partial charge on any atom is -0.333 e. The Morgan fingerprint density at radius 2 is 2.04 bits per heavy atom. The largest absolute Gasteiger partial charge is 0.333 e. The monoisotopic (exact) mass is 354 g/mol. The van der Waals surface area contributed by atoms with Crippen LogP contribution >= 0.6 is 24.0 Å². The molecule has 1 aromatic carbocycles. The average molecular weight is 355 g/mol. The number of carbonyl (C=O) groups is 1. The number of piperazine rings is 1. The van der Waals surface area contributed by atoms with Gasteiger partial charge in [0.05, 0.1) is 23.1 Å². The molecule has 0 spiro atoms. The van der Waals surface area contributed by atoms with Gasteiger partial charge in [0.15, 0.2) is 0 Å². The van der Waals surface area contributed by atoms with Crippen molar-refractivity contribution in [2.24, 2.45) is 0 Å². The summed E-state index contributed by atoms with van der Waals surface area (Å²) in [5, 5.41) is 8.34. The Hall–Kier alpha value is -1.56. The lowest BCUT2D eigenvalue weighted by molar-refractivity contribution is 0.0655. The lowest BCUT2D eigenvalue weighted by Gasteiger charge is -2.33. The van der Waals surface area contributed by atoms with Crippen molar-refractivity contribution < 1.29 is 4.79 Å². The summed E-state index contributed by atoms with van der Waals surface area (Å²) in [5.41, 5.74) is 2.40. The second kappa shape index (κ2) is 7.34. The second-order valence-corrected chi connectivity index (χ2v) is 6.02. The summed E-state index contributed by atoms with van der Waals surface area (Å²) in [6.07, 6.45) is 1.65. The highest BCUT2D eigenvalue weighted by Crippen LogP contribution is 2.19. The maximum absolute atomic E-state index is 12.8. The van der Waals surface area contributed by atoms with Crippen LogP contribution in [0.5, 0.6) is 0 Å². The molecule has 7 heteroatoms. The van der Waals surface area contributed by atoms with Gasteiger partial charge in [-0.2, -0.15) is 5.10 Å². The molecule has 23 heavy (non-hydrogen) atoms. The number of benzene rings is 1. The van der Waals surface area contributed by atoms with E-state index >= 15 is 0 Å². The quantitative estimate of drug-likeness (QED) is 0.901. The first kappa shape index (κ1) is 17.8. The molecule has 0 aliphatic carbocycles. The van der Waals surface area contributed by atoms with E-state index in [1.807, 2.05) is 36.1 Å². The van der Waals surface area contributed by atoms with E-state index in [1.54, 1.807) is 10.9 Å². The normalized spacial score (nSPS) is 17.7. The van der Waals surface area contributed by atoms with Crippen molar-refractivity contribution >= 4 is 29.9 Å². The highest BCUT2D eigenvalue weighted by Gasteiger charge is 2.26. The Balaban J connectivity index is 0.00000192. The van der Waals surface area contributed by atoms with Gasteiger partial charge in [-0.1, -0.05) is 11.6 Å². The van der Waals surface area contributed by atoms with Crippen LogP contribution in [0.15, 0.2) is 30.5 Å². The second-order valence-electron chi connectivity index (χ2n) is 5.58. The molecule has 1 fully saturated rings. The SMILES string of the molecule is Cc1c(C(=O)N2CCNC[C@@H]2C)cnn1-c1ccc(Cl)cc1.Cl. The summed E-state index contributed by atoms with van der Waals surface area (Å²) in [6.45, 7) is 6.37. The molecule has 2 aromatic rings. The van der Waals surface area contributed by atoms with Gasteiger partial charge in [-0.25, -0.2) is 4.68 Å². The van der Waals surface area contributed by atoms with Crippen molar-refractivity contribution in [1.29, 1.82) is 0 Å². The zero-order valence-electron chi connectivity index (χ0n) is 13.1. The predicted molar refractivity (Wildman–Crippen MR) is 93.9 cm³/mol. The van der Waals surface area contributed by atoms with Crippen molar-refractivity contribution in [2.45, 2.75) is 19.9 Å². The molecule has 1 saturated heterocycles. The molecule has 1 N–H and O–H groups in total. The Morgan fingerprint density at radius 1 is 1.35 bits per heavy atom. The molecule has 2 heterocycles. The lowest BCUT2D eigenvalue weighted by Crippen LogP contribution is -2.52. The van der Waals surface area contributed by atoms with E-state index in [-0.39, 0.29) is 24.4 Å². The van der Waals surface area contributed by atoms with Crippen LogP contribution in [0.1, 0.15) is 23.0 Å². The van der Waals surface area contributed by atoms with Crippen molar-refractivity contribution in [3.8, 4) is 5.69 Å². The summed E-state index contributed by atoms with van der Waals surface area (Å²) >= 11 is 5.92. The summed E-state index contributed by atoms with van der Waals surface area (Å²) in [4.78, 5) is 14.7. The fourth-order valence-corrected chi connectivity index (χ4v) is 2.89. The summed E-state index contributed by atoms with van der Waals surface area (Å²) in [7, 11) is 0. The van der Waals surface area contributed by atoms with E-state index in [4.69, 9.17) is 11.6 Å². The molecular weight excluding hydrogens is 335 g/mol. The van der Waals surface area contributed by atoms with Crippen LogP contribution in [-0.2, 0) is 0 Å². The maximum atomic E-state index is 12.8. The first-order valence-electron chi connectivity index (χ1n) is 7.40. The minimum absolute atomic E-state index is 0. The van der Waals surface area contributed by atoms with Crippen molar-refractivity contribution in [2.75, 3.05) is 19.6 Å². The summed E-state index contributed by atoms with van der Waals surface area (Å²) in [6, 6.07) is 7.61. The van der Waals surface area contributed by atoms with Crippen molar-refractivity contribution in [1.82, 2.24) is 20.0 Å². The van der Waals surface area contributed by atoms with Crippen LogP contribution in [0, 0.1) is 6.92 Å². The van der Waals surface area contributed by atoms with E-state index in [1.165, 1.54) is 0 Å². The van der Waals surface area contributed by atoms with Crippen LogP contribution in [0.2, 0.25) is 5.02 Å². The molecule has 0 saturated carbocycles. The zero-order chi connectivity index (χ0) is 15.7. The Morgan fingerprint density at radius 3 is 2.70 bits per heavy atom. The van der Waals surface area contributed by atoms with Crippen LogP contribution in [0.4, 0.5) is 0 Å². The number of amides is 1. The van der Waals surface area contributed by atoms with E-state index in [0.717, 1.165) is 31.0 Å². The number of rotatable bonds is 2. The minimum atomic E-state index is 0. The number of carbonyl (C=O) groups excluding carboxylic acids is 1. The third-order valence-electron chi connectivity index (χ3n) is 4.07. The molecular formula is C16H20Cl2N4O. The first-order valence-corrected chi connectivity index (χ1v) is 7.78. The van der Waals surface area contributed by atoms with Gasteiger partial charge in [-0.05, 0) is 38.1 Å². The molecule has 0 radical (unpaired) electrons. The van der Waals surface area contributed by atoms with Gasteiger partial charge >= 0.3 is 0 Å². The summed E-state index contributed by atoms with van der Waals surface area (Å²) < 4.78 is 1.77. The number of hydrogen-bond acceptors (Lipinski definition) is 3. The van der Waals surface area contributed by atoms with Gasteiger partial charge in [0, 0.05) is 30.7 Å². The van der Waals surface area contributed by atoms with Gasteiger partial charge in [0.1, 0.15) is 0 Å². The average Bonchev–Trinajstić information content (AvgIpc) is 2.90. The maximum Gasteiger partial charge on any atom is 0.257 e. The van der Waals surface area contributed by atoms with E-state index in [0.29, 0.717) is 10.6 Å². The molecule has 0 unspecified atom stereocenters. The van der Waals surface area contributed by atoms with Gasteiger partial charge in [0.2, 0.25) is 0 Å². The number of hydrogen-bond donors (Lipinski definition) is 1. The third-order valence-corrected chi connectivity index (χ3v) is 4.33. The molecule has 0 bridgehead atoms. The van der Waals surface area contributed by atoms with E-state index in [9.17, 15) is 4.79 Å². The number of nitrogens with zero attached hydrogens (tertiary/aromatic N) is 3.